The first kappa shape index (κ1) is 14.0. The number of fused-ring (bicyclic) bond motifs is 1. The number of benzene rings is 1. The molecule has 1 N–H and O–H groups in total. The van der Waals surface area contributed by atoms with Gasteiger partial charge in [0.1, 0.15) is 11.5 Å². The smallest absolute Gasteiger partial charge is 0.267 e. The molecule has 2 aromatic rings. The Morgan fingerprint density at radius 3 is 2.32 bits per heavy atom. The largest absolute Gasteiger partial charge is 0.395 e. The average molecular weight is 292 g/mol. The minimum atomic E-state index is -0.381. The van der Waals surface area contributed by atoms with Crippen molar-refractivity contribution >= 4 is 17.6 Å². The van der Waals surface area contributed by atoms with Crippen LogP contribution in [0.15, 0.2) is 42.5 Å². The molecule has 0 fully saturated rings. The van der Waals surface area contributed by atoms with Gasteiger partial charge in [0.2, 0.25) is 0 Å². The van der Waals surface area contributed by atoms with Crippen molar-refractivity contribution < 1.29 is 14.7 Å². The predicted molar refractivity (Wildman–Crippen MR) is 80.4 cm³/mol. The fraction of sp³-hybridized carbons (Fsp3) is 0.118. The van der Waals surface area contributed by atoms with Gasteiger partial charge in [0.25, 0.3) is 11.8 Å². The number of imide groups is 1. The van der Waals surface area contributed by atoms with Gasteiger partial charge in [-0.1, -0.05) is 24.1 Å². The van der Waals surface area contributed by atoms with E-state index in [4.69, 9.17) is 5.11 Å². The van der Waals surface area contributed by atoms with Crippen LogP contribution < -0.4 is 4.90 Å². The average Bonchev–Trinajstić information content (AvgIpc) is 2.80. The zero-order valence-corrected chi connectivity index (χ0v) is 11.6. The van der Waals surface area contributed by atoms with Gasteiger partial charge in [-0.2, -0.15) is 0 Å². The standard InChI is InChI=1S/C17H12N2O3/c20-11-4-3-6-12-7-5-10-15(18-12)19-16(21)13-8-1-2-9-14(13)17(19)22/h1-2,5,7-10,20H,4,11H2. The third-order valence-corrected chi connectivity index (χ3v) is 3.21. The number of carbonyl (C=O) groups excluding carboxylic acids is 2. The number of hydrogen-bond acceptors (Lipinski definition) is 4. The molecule has 3 rings (SSSR count). The second kappa shape index (κ2) is 5.80. The minimum Gasteiger partial charge on any atom is -0.395 e. The van der Waals surface area contributed by atoms with Crippen molar-refractivity contribution in [3.63, 3.8) is 0 Å². The Kier molecular flexibility index (Phi) is 3.69. The monoisotopic (exact) mass is 292 g/mol. The van der Waals surface area contributed by atoms with Crippen LogP contribution in [-0.4, -0.2) is 28.5 Å². The molecule has 0 saturated carbocycles. The molecule has 1 aromatic carbocycles. The lowest BCUT2D eigenvalue weighted by atomic mass is 10.1. The molecule has 0 bridgehead atoms. The molecular weight excluding hydrogens is 280 g/mol. The molecular formula is C17H12N2O3. The summed E-state index contributed by atoms with van der Waals surface area (Å²) in [6.07, 6.45) is 0.346. The van der Waals surface area contributed by atoms with Gasteiger partial charge in [-0.25, -0.2) is 9.88 Å². The van der Waals surface area contributed by atoms with Crippen molar-refractivity contribution in [2.24, 2.45) is 0 Å². The Labute approximate surface area is 127 Å². The third-order valence-electron chi connectivity index (χ3n) is 3.21. The maximum atomic E-state index is 12.4. The molecule has 0 unspecified atom stereocenters. The Bertz CT molecular complexity index is 783. The fourth-order valence-electron chi connectivity index (χ4n) is 2.22. The molecule has 5 nitrogen and oxygen atoms in total. The molecule has 0 saturated heterocycles. The molecule has 5 heteroatoms. The zero-order valence-electron chi connectivity index (χ0n) is 11.6. The Morgan fingerprint density at radius 1 is 1.00 bits per heavy atom. The topological polar surface area (TPSA) is 70.5 Å². The molecule has 2 heterocycles. The molecule has 0 spiro atoms. The van der Waals surface area contributed by atoms with Gasteiger partial charge >= 0.3 is 0 Å². The van der Waals surface area contributed by atoms with Crippen LogP contribution in [0.1, 0.15) is 32.8 Å². The summed E-state index contributed by atoms with van der Waals surface area (Å²) in [6, 6.07) is 11.7. The fourth-order valence-corrected chi connectivity index (χ4v) is 2.22. The van der Waals surface area contributed by atoms with Gasteiger partial charge in [0, 0.05) is 6.42 Å². The highest BCUT2D eigenvalue weighted by Crippen LogP contribution is 2.26. The summed E-state index contributed by atoms with van der Waals surface area (Å²) in [5.41, 5.74) is 1.21. The molecule has 1 aromatic heterocycles. The van der Waals surface area contributed by atoms with Crippen molar-refractivity contribution in [3.05, 3.63) is 59.3 Å². The van der Waals surface area contributed by atoms with Crippen molar-refractivity contribution in [1.82, 2.24) is 4.98 Å². The van der Waals surface area contributed by atoms with Gasteiger partial charge in [0.05, 0.1) is 17.7 Å². The number of hydrogen-bond donors (Lipinski definition) is 1. The summed E-state index contributed by atoms with van der Waals surface area (Å²) >= 11 is 0. The van der Waals surface area contributed by atoms with E-state index < -0.39 is 0 Å². The molecule has 0 atom stereocenters. The van der Waals surface area contributed by atoms with Gasteiger partial charge in [-0.3, -0.25) is 9.59 Å². The molecule has 2 amide bonds. The second-order valence-corrected chi connectivity index (χ2v) is 4.65. The van der Waals surface area contributed by atoms with E-state index >= 15 is 0 Å². The van der Waals surface area contributed by atoms with Crippen LogP contribution in [0.4, 0.5) is 5.82 Å². The summed E-state index contributed by atoms with van der Waals surface area (Å²) in [5, 5.41) is 8.72. The highest BCUT2D eigenvalue weighted by molar-refractivity contribution is 6.34. The van der Waals surface area contributed by atoms with Crippen LogP contribution in [0.3, 0.4) is 0 Å². The number of rotatable bonds is 2. The van der Waals surface area contributed by atoms with Gasteiger partial charge in [-0.05, 0) is 30.2 Å². The Balaban J connectivity index is 1.97. The van der Waals surface area contributed by atoms with E-state index in [1.807, 2.05) is 0 Å². The number of carbonyl (C=O) groups is 2. The van der Waals surface area contributed by atoms with E-state index in [-0.39, 0.29) is 24.2 Å². The van der Waals surface area contributed by atoms with E-state index in [1.165, 1.54) is 0 Å². The molecule has 1 aliphatic rings. The zero-order chi connectivity index (χ0) is 15.5. The lowest BCUT2D eigenvalue weighted by Crippen LogP contribution is -2.30. The number of amides is 2. The van der Waals surface area contributed by atoms with E-state index in [9.17, 15) is 9.59 Å². The van der Waals surface area contributed by atoms with Gasteiger partial charge in [0.15, 0.2) is 0 Å². The number of nitrogens with zero attached hydrogens (tertiary/aromatic N) is 2. The maximum Gasteiger partial charge on any atom is 0.267 e. The summed E-state index contributed by atoms with van der Waals surface area (Å²) in [6.45, 7) is -0.0227. The number of pyridine rings is 1. The number of aliphatic hydroxyl groups is 1. The van der Waals surface area contributed by atoms with Gasteiger partial charge < -0.3 is 5.11 Å². The van der Waals surface area contributed by atoms with Crippen molar-refractivity contribution in [2.45, 2.75) is 6.42 Å². The van der Waals surface area contributed by atoms with Crippen LogP contribution in [-0.2, 0) is 0 Å². The molecule has 0 radical (unpaired) electrons. The van der Waals surface area contributed by atoms with Crippen LogP contribution in [0.5, 0.6) is 0 Å². The van der Waals surface area contributed by atoms with Crippen molar-refractivity contribution in [2.75, 3.05) is 11.5 Å². The normalized spacial score (nSPS) is 12.9. The highest BCUT2D eigenvalue weighted by Gasteiger charge is 2.36. The first-order chi connectivity index (χ1) is 10.7. The van der Waals surface area contributed by atoms with E-state index in [0.717, 1.165) is 4.90 Å². The first-order valence-electron chi connectivity index (χ1n) is 6.77. The second-order valence-electron chi connectivity index (χ2n) is 4.65. The summed E-state index contributed by atoms with van der Waals surface area (Å²) in [5.74, 6) is 5.04. The van der Waals surface area contributed by atoms with E-state index in [2.05, 4.69) is 16.8 Å². The number of aromatic nitrogens is 1. The Morgan fingerprint density at radius 2 is 1.68 bits per heavy atom. The molecule has 108 valence electrons. The van der Waals surface area contributed by atoms with Crippen molar-refractivity contribution in [3.8, 4) is 11.8 Å². The molecule has 1 aliphatic heterocycles. The predicted octanol–water partition coefficient (Wildman–Crippen LogP) is 1.62. The van der Waals surface area contributed by atoms with E-state index in [0.29, 0.717) is 23.2 Å². The van der Waals surface area contributed by atoms with E-state index in [1.54, 1.807) is 42.5 Å². The van der Waals surface area contributed by atoms with Crippen LogP contribution in [0.25, 0.3) is 0 Å². The minimum absolute atomic E-state index is 0.0227. The Hall–Kier alpha value is -2.97. The van der Waals surface area contributed by atoms with Gasteiger partial charge in [-0.15, -0.1) is 0 Å². The quantitative estimate of drug-likeness (QED) is 0.674. The number of anilines is 1. The van der Waals surface area contributed by atoms with Crippen LogP contribution >= 0.6 is 0 Å². The van der Waals surface area contributed by atoms with Crippen LogP contribution in [0.2, 0.25) is 0 Å². The third kappa shape index (κ3) is 2.36. The SMILES string of the molecule is O=C1c2ccccc2C(=O)N1c1cccc(C#CCCO)n1. The number of aliphatic hydroxyl groups excluding tert-OH is 1. The van der Waals surface area contributed by atoms with Crippen molar-refractivity contribution in [1.29, 1.82) is 0 Å². The van der Waals surface area contributed by atoms with Crippen LogP contribution in [0, 0.1) is 11.8 Å². The summed E-state index contributed by atoms with van der Waals surface area (Å²) in [7, 11) is 0. The summed E-state index contributed by atoms with van der Waals surface area (Å²) in [4.78, 5) is 30.0. The molecule has 0 aliphatic carbocycles. The maximum absolute atomic E-state index is 12.4. The first-order valence-corrected chi connectivity index (χ1v) is 6.77. The summed E-state index contributed by atoms with van der Waals surface area (Å²) < 4.78 is 0. The highest BCUT2D eigenvalue weighted by atomic mass is 16.2. The molecule has 22 heavy (non-hydrogen) atoms. The lowest BCUT2D eigenvalue weighted by Gasteiger charge is -2.12. The lowest BCUT2D eigenvalue weighted by molar-refractivity contribution is 0.0925.